The summed E-state index contributed by atoms with van der Waals surface area (Å²) in [4.78, 5) is 11.1. The number of hydrogen-bond donors (Lipinski definition) is 1. The van der Waals surface area contributed by atoms with E-state index in [-0.39, 0.29) is 5.92 Å². The molecule has 0 aliphatic heterocycles. The van der Waals surface area contributed by atoms with Crippen molar-refractivity contribution in [1.29, 1.82) is 0 Å². The summed E-state index contributed by atoms with van der Waals surface area (Å²) in [5.41, 5.74) is 8.05. The molecule has 0 unspecified atom stereocenters. The SMILES string of the molecule is Cc1c(N)nc(C(C)C)nc1N(C)Cc1cccc(Cl)c1. The minimum Gasteiger partial charge on any atom is -0.383 e. The van der Waals surface area contributed by atoms with E-state index in [1.165, 1.54) is 0 Å². The van der Waals surface area contributed by atoms with Gasteiger partial charge in [-0.1, -0.05) is 37.6 Å². The fourth-order valence-corrected chi connectivity index (χ4v) is 2.37. The summed E-state index contributed by atoms with van der Waals surface area (Å²) in [5, 5.41) is 0.739. The molecular weight excluding hydrogens is 284 g/mol. The monoisotopic (exact) mass is 304 g/mol. The lowest BCUT2D eigenvalue weighted by Crippen LogP contribution is -2.21. The van der Waals surface area contributed by atoms with Crippen molar-refractivity contribution >= 4 is 23.2 Å². The van der Waals surface area contributed by atoms with Crippen LogP contribution in [-0.4, -0.2) is 17.0 Å². The molecule has 2 rings (SSSR count). The summed E-state index contributed by atoms with van der Waals surface area (Å²) in [6.45, 7) is 6.79. The fourth-order valence-electron chi connectivity index (χ4n) is 2.15. The zero-order valence-corrected chi connectivity index (χ0v) is 13.6. The molecule has 0 saturated heterocycles. The summed E-state index contributed by atoms with van der Waals surface area (Å²) in [5.74, 6) is 2.42. The second-order valence-corrected chi connectivity index (χ2v) is 5.99. The average molecular weight is 305 g/mol. The largest absolute Gasteiger partial charge is 0.383 e. The van der Waals surface area contributed by atoms with E-state index in [0.29, 0.717) is 5.82 Å². The summed E-state index contributed by atoms with van der Waals surface area (Å²) < 4.78 is 0. The predicted molar refractivity (Wildman–Crippen MR) is 88.8 cm³/mol. The minimum atomic E-state index is 0.242. The van der Waals surface area contributed by atoms with Gasteiger partial charge in [0.25, 0.3) is 0 Å². The fraction of sp³-hybridized carbons (Fsp3) is 0.375. The van der Waals surface area contributed by atoms with Crippen molar-refractivity contribution in [2.24, 2.45) is 0 Å². The van der Waals surface area contributed by atoms with E-state index in [0.717, 1.165) is 34.3 Å². The third-order valence-electron chi connectivity index (χ3n) is 3.36. The zero-order valence-electron chi connectivity index (χ0n) is 12.9. The first-order valence-corrected chi connectivity index (χ1v) is 7.36. The summed E-state index contributed by atoms with van der Waals surface area (Å²) >= 11 is 6.03. The molecule has 5 heteroatoms. The van der Waals surface area contributed by atoms with Crippen molar-refractivity contribution < 1.29 is 0 Å². The van der Waals surface area contributed by atoms with Crippen molar-refractivity contribution in [3.8, 4) is 0 Å². The number of nitrogen functional groups attached to an aromatic ring is 1. The highest BCUT2D eigenvalue weighted by molar-refractivity contribution is 6.30. The van der Waals surface area contributed by atoms with Gasteiger partial charge < -0.3 is 10.6 Å². The molecule has 21 heavy (non-hydrogen) atoms. The number of nitrogens with zero attached hydrogens (tertiary/aromatic N) is 3. The molecule has 0 fully saturated rings. The molecule has 112 valence electrons. The van der Waals surface area contributed by atoms with Crippen LogP contribution in [0, 0.1) is 6.92 Å². The number of nitrogens with two attached hydrogens (primary N) is 1. The summed E-state index contributed by atoms with van der Waals surface area (Å²) in [6, 6.07) is 7.83. The van der Waals surface area contributed by atoms with Gasteiger partial charge in [-0.25, -0.2) is 9.97 Å². The maximum absolute atomic E-state index is 6.03. The minimum absolute atomic E-state index is 0.242. The standard InChI is InChI=1S/C16H21ClN4/c1-10(2)15-19-14(18)11(3)16(20-15)21(4)9-12-6-5-7-13(17)8-12/h5-8,10H,9H2,1-4H3,(H2,18,19,20). The maximum atomic E-state index is 6.03. The molecule has 0 bridgehead atoms. The average Bonchev–Trinajstić information content (AvgIpc) is 2.41. The lowest BCUT2D eigenvalue weighted by molar-refractivity contribution is 0.761. The second-order valence-electron chi connectivity index (χ2n) is 5.56. The van der Waals surface area contributed by atoms with Gasteiger partial charge in [0, 0.05) is 30.1 Å². The predicted octanol–water partition coefficient (Wildman–Crippen LogP) is 3.78. The third-order valence-corrected chi connectivity index (χ3v) is 3.60. The van der Waals surface area contributed by atoms with E-state index < -0.39 is 0 Å². The molecule has 4 nitrogen and oxygen atoms in total. The third kappa shape index (κ3) is 3.64. The Morgan fingerprint density at radius 1 is 1.29 bits per heavy atom. The van der Waals surface area contributed by atoms with Crippen LogP contribution in [0.1, 0.15) is 36.7 Å². The van der Waals surface area contributed by atoms with Crippen molar-refractivity contribution in [3.05, 3.63) is 46.2 Å². The Labute approximate surface area is 131 Å². The van der Waals surface area contributed by atoms with Crippen LogP contribution in [0.15, 0.2) is 24.3 Å². The molecule has 1 heterocycles. The molecular formula is C16H21ClN4. The second kappa shape index (κ2) is 6.31. The Hall–Kier alpha value is -1.81. The number of aromatic nitrogens is 2. The Kier molecular flexibility index (Phi) is 4.68. The zero-order chi connectivity index (χ0) is 15.6. The molecule has 2 N–H and O–H groups in total. The van der Waals surface area contributed by atoms with E-state index in [2.05, 4.69) is 28.7 Å². The van der Waals surface area contributed by atoms with Gasteiger partial charge in [0.15, 0.2) is 0 Å². The first-order chi connectivity index (χ1) is 9.88. The van der Waals surface area contributed by atoms with Crippen LogP contribution in [0.25, 0.3) is 0 Å². The lowest BCUT2D eigenvalue weighted by Gasteiger charge is -2.22. The molecule has 0 saturated carbocycles. The van der Waals surface area contributed by atoms with Gasteiger partial charge >= 0.3 is 0 Å². The van der Waals surface area contributed by atoms with E-state index in [1.54, 1.807) is 0 Å². The Morgan fingerprint density at radius 3 is 2.62 bits per heavy atom. The van der Waals surface area contributed by atoms with Crippen LogP contribution >= 0.6 is 11.6 Å². The normalized spacial score (nSPS) is 11.0. The van der Waals surface area contributed by atoms with Crippen LogP contribution in [0.2, 0.25) is 5.02 Å². The van der Waals surface area contributed by atoms with Crippen LogP contribution in [0.5, 0.6) is 0 Å². The smallest absolute Gasteiger partial charge is 0.137 e. The Bertz CT molecular complexity index is 640. The summed E-state index contributed by atoms with van der Waals surface area (Å²) in [6.07, 6.45) is 0. The number of anilines is 2. The van der Waals surface area contributed by atoms with E-state index in [9.17, 15) is 0 Å². The van der Waals surface area contributed by atoms with Gasteiger partial charge in [-0.3, -0.25) is 0 Å². The maximum Gasteiger partial charge on any atom is 0.137 e. The quantitative estimate of drug-likeness (QED) is 0.934. The number of halogens is 1. The van der Waals surface area contributed by atoms with E-state index >= 15 is 0 Å². The molecule has 0 aliphatic carbocycles. The highest BCUT2D eigenvalue weighted by Crippen LogP contribution is 2.25. The van der Waals surface area contributed by atoms with Gasteiger partial charge in [0.05, 0.1) is 0 Å². The van der Waals surface area contributed by atoms with E-state index in [1.807, 2.05) is 38.2 Å². The first kappa shape index (κ1) is 15.6. The molecule has 0 aliphatic rings. The van der Waals surface area contributed by atoms with Gasteiger partial charge in [-0.2, -0.15) is 0 Å². The van der Waals surface area contributed by atoms with Crippen molar-refractivity contribution in [3.63, 3.8) is 0 Å². The van der Waals surface area contributed by atoms with Gasteiger partial charge in [0.2, 0.25) is 0 Å². The number of rotatable bonds is 4. The Balaban J connectivity index is 2.32. The van der Waals surface area contributed by atoms with Crippen molar-refractivity contribution in [2.75, 3.05) is 17.7 Å². The Morgan fingerprint density at radius 2 is 2.00 bits per heavy atom. The molecule has 0 spiro atoms. The van der Waals surface area contributed by atoms with Gasteiger partial charge in [-0.05, 0) is 24.6 Å². The molecule has 1 aromatic carbocycles. The van der Waals surface area contributed by atoms with Crippen LogP contribution in [-0.2, 0) is 6.54 Å². The molecule has 0 atom stereocenters. The number of hydrogen-bond acceptors (Lipinski definition) is 4. The number of benzene rings is 1. The van der Waals surface area contributed by atoms with Crippen molar-refractivity contribution in [2.45, 2.75) is 33.2 Å². The van der Waals surface area contributed by atoms with E-state index in [4.69, 9.17) is 17.3 Å². The molecule has 1 aromatic heterocycles. The van der Waals surface area contributed by atoms with Crippen LogP contribution in [0.4, 0.5) is 11.6 Å². The molecule has 0 amide bonds. The summed E-state index contributed by atoms with van der Waals surface area (Å²) in [7, 11) is 2.00. The molecule has 2 aromatic rings. The van der Waals surface area contributed by atoms with Crippen LogP contribution in [0.3, 0.4) is 0 Å². The highest BCUT2D eigenvalue weighted by atomic mass is 35.5. The van der Waals surface area contributed by atoms with Gasteiger partial charge in [0.1, 0.15) is 17.5 Å². The first-order valence-electron chi connectivity index (χ1n) is 6.98. The lowest BCUT2D eigenvalue weighted by atomic mass is 10.2. The van der Waals surface area contributed by atoms with Gasteiger partial charge in [-0.15, -0.1) is 0 Å². The topological polar surface area (TPSA) is 55.0 Å². The van der Waals surface area contributed by atoms with Crippen molar-refractivity contribution in [1.82, 2.24) is 9.97 Å². The highest BCUT2D eigenvalue weighted by Gasteiger charge is 2.14. The molecule has 0 radical (unpaired) electrons. The van der Waals surface area contributed by atoms with Crippen LogP contribution < -0.4 is 10.6 Å².